The fraction of sp³-hybridized carbons (Fsp3) is 0.600. The van der Waals surface area contributed by atoms with E-state index in [1.54, 1.807) is 6.07 Å². The molecule has 0 saturated heterocycles. The van der Waals surface area contributed by atoms with Crippen molar-refractivity contribution < 1.29 is 4.42 Å². The first-order valence-corrected chi connectivity index (χ1v) is 6.63. The van der Waals surface area contributed by atoms with Gasteiger partial charge in [0.1, 0.15) is 5.76 Å². The van der Waals surface area contributed by atoms with Gasteiger partial charge in [0.2, 0.25) is 0 Å². The molecule has 4 heteroatoms. The van der Waals surface area contributed by atoms with Crippen LogP contribution in [0.25, 0.3) is 0 Å². The van der Waals surface area contributed by atoms with E-state index in [9.17, 15) is 0 Å². The van der Waals surface area contributed by atoms with Crippen LogP contribution in [0.5, 0.6) is 0 Å². The van der Waals surface area contributed by atoms with E-state index >= 15 is 0 Å². The molecule has 0 radical (unpaired) electrons. The maximum Gasteiger partial charge on any atom is 0.193 e. The Morgan fingerprint density at radius 3 is 2.71 bits per heavy atom. The maximum atomic E-state index is 5.67. The molecule has 14 heavy (non-hydrogen) atoms. The van der Waals surface area contributed by atoms with Gasteiger partial charge >= 0.3 is 0 Å². The molecule has 0 saturated carbocycles. The molecule has 0 atom stereocenters. The molecule has 0 amide bonds. The summed E-state index contributed by atoms with van der Waals surface area (Å²) >= 11 is 11.8. The number of rotatable bonds is 5. The molecule has 1 heterocycles. The SMILES string of the molecule is CC(C)(CS)CSCc1ccc(Cl)o1. The van der Waals surface area contributed by atoms with Gasteiger partial charge in [-0.25, -0.2) is 0 Å². The number of hydrogen-bond acceptors (Lipinski definition) is 3. The Hall–Kier alpha value is 0.270. The van der Waals surface area contributed by atoms with Gasteiger partial charge in [0, 0.05) is 0 Å². The molecule has 0 aliphatic rings. The number of furan rings is 1. The molecule has 0 aliphatic heterocycles. The predicted molar refractivity (Wildman–Crippen MR) is 67.5 cm³/mol. The van der Waals surface area contributed by atoms with Gasteiger partial charge < -0.3 is 4.42 Å². The Labute approximate surface area is 100.0 Å². The second-order valence-corrected chi connectivity index (χ2v) is 5.70. The van der Waals surface area contributed by atoms with E-state index in [1.807, 2.05) is 17.8 Å². The van der Waals surface area contributed by atoms with Gasteiger partial charge in [-0.1, -0.05) is 13.8 Å². The van der Waals surface area contributed by atoms with Crippen LogP contribution in [0.15, 0.2) is 16.5 Å². The Kier molecular flexibility index (Phi) is 4.74. The molecule has 0 unspecified atom stereocenters. The van der Waals surface area contributed by atoms with Crippen LogP contribution in [0.3, 0.4) is 0 Å². The summed E-state index contributed by atoms with van der Waals surface area (Å²) in [6.07, 6.45) is 0. The minimum absolute atomic E-state index is 0.282. The van der Waals surface area contributed by atoms with E-state index < -0.39 is 0 Å². The van der Waals surface area contributed by atoms with E-state index in [-0.39, 0.29) is 5.41 Å². The molecule has 0 fully saturated rings. The summed E-state index contributed by atoms with van der Waals surface area (Å²) < 4.78 is 5.26. The molecular formula is C10H15ClOS2. The van der Waals surface area contributed by atoms with Gasteiger partial charge in [-0.05, 0) is 40.7 Å². The second kappa shape index (κ2) is 5.38. The lowest BCUT2D eigenvalue weighted by molar-refractivity contribution is 0.492. The monoisotopic (exact) mass is 250 g/mol. The average molecular weight is 251 g/mol. The molecule has 80 valence electrons. The topological polar surface area (TPSA) is 13.1 Å². The van der Waals surface area contributed by atoms with Crippen molar-refractivity contribution in [1.82, 2.24) is 0 Å². The zero-order valence-electron chi connectivity index (χ0n) is 8.42. The zero-order chi connectivity index (χ0) is 10.6. The third-order valence-electron chi connectivity index (χ3n) is 1.79. The summed E-state index contributed by atoms with van der Waals surface area (Å²) in [6, 6.07) is 3.70. The molecule has 1 aromatic rings. The van der Waals surface area contributed by atoms with E-state index in [0.29, 0.717) is 5.22 Å². The van der Waals surface area contributed by atoms with Gasteiger partial charge in [0.15, 0.2) is 5.22 Å². The van der Waals surface area contributed by atoms with Crippen molar-refractivity contribution in [2.24, 2.45) is 5.41 Å². The lowest BCUT2D eigenvalue weighted by atomic mass is 10.0. The minimum atomic E-state index is 0.282. The van der Waals surface area contributed by atoms with Crippen molar-refractivity contribution in [2.75, 3.05) is 11.5 Å². The van der Waals surface area contributed by atoms with Gasteiger partial charge in [0.05, 0.1) is 5.75 Å². The van der Waals surface area contributed by atoms with Gasteiger partial charge in [-0.15, -0.1) is 0 Å². The third kappa shape index (κ3) is 4.20. The van der Waals surface area contributed by atoms with Crippen molar-refractivity contribution in [2.45, 2.75) is 19.6 Å². The van der Waals surface area contributed by atoms with E-state index in [2.05, 4.69) is 26.5 Å². The summed E-state index contributed by atoms with van der Waals surface area (Å²) in [5, 5.41) is 0.467. The van der Waals surface area contributed by atoms with Crippen molar-refractivity contribution in [1.29, 1.82) is 0 Å². The third-order valence-corrected chi connectivity index (χ3v) is 4.33. The molecule has 0 spiro atoms. The van der Waals surface area contributed by atoms with Gasteiger partial charge in [-0.2, -0.15) is 24.4 Å². The Bertz CT molecular complexity index is 283. The Morgan fingerprint density at radius 2 is 2.21 bits per heavy atom. The van der Waals surface area contributed by atoms with Gasteiger partial charge in [0.25, 0.3) is 0 Å². The summed E-state index contributed by atoms with van der Waals surface area (Å²) in [7, 11) is 0. The van der Waals surface area contributed by atoms with Crippen molar-refractivity contribution >= 4 is 36.0 Å². The molecule has 0 bridgehead atoms. The molecule has 0 aromatic carbocycles. The number of thiol groups is 1. The number of halogens is 1. The quantitative estimate of drug-likeness (QED) is 0.790. The number of thioether (sulfide) groups is 1. The van der Waals surface area contributed by atoms with Crippen LogP contribution in [-0.2, 0) is 5.75 Å². The fourth-order valence-electron chi connectivity index (χ4n) is 0.903. The van der Waals surface area contributed by atoms with E-state index in [1.165, 1.54) is 0 Å². The average Bonchev–Trinajstić information content (AvgIpc) is 2.51. The van der Waals surface area contributed by atoms with Crippen LogP contribution in [0.4, 0.5) is 0 Å². The smallest absolute Gasteiger partial charge is 0.193 e. The van der Waals surface area contributed by atoms with Crippen molar-refractivity contribution in [3.63, 3.8) is 0 Å². The highest BCUT2D eigenvalue weighted by molar-refractivity contribution is 7.98. The zero-order valence-corrected chi connectivity index (χ0v) is 10.9. The summed E-state index contributed by atoms with van der Waals surface area (Å²) in [5.41, 5.74) is 0.282. The first-order valence-electron chi connectivity index (χ1n) is 4.46. The molecule has 1 nitrogen and oxygen atoms in total. The van der Waals surface area contributed by atoms with Crippen LogP contribution in [-0.4, -0.2) is 11.5 Å². The Morgan fingerprint density at radius 1 is 1.50 bits per heavy atom. The summed E-state index contributed by atoms with van der Waals surface area (Å²) in [6.45, 7) is 4.42. The van der Waals surface area contributed by atoms with Crippen molar-refractivity contribution in [3.05, 3.63) is 23.1 Å². The summed E-state index contributed by atoms with van der Waals surface area (Å²) in [5.74, 6) is 3.80. The highest BCUT2D eigenvalue weighted by atomic mass is 35.5. The lowest BCUT2D eigenvalue weighted by Gasteiger charge is -2.20. The predicted octanol–water partition coefficient (Wildman–Crippen LogP) is 4.12. The highest BCUT2D eigenvalue weighted by Gasteiger charge is 2.15. The molecular weight excluding hydrogens is 236 g/mol. The van der Waals surface area contributed by atoms with Crippen LogP contribution >= 0.6 is 36.0 Å². The first-order chi connectivity index (χ1) is 6.53. The molecule has 0 aliphatic carbocycles. The number of hydrogen-bond donors (Lipinski definition) is 1. The second-order valence-electron chi connectivity index (χ2n) is 4.02. The van der Waals surface area contributed by atoms with Crippen LogP contribution in [0.2, 0.25) is 5.22 Å². The highest BCUT2D eigenvalue weighted by Crippen LogP contribution is 2.26. The summed E-state index contributed by atoms with van der Waals surface area (Å²) in [4.78, 5) is 0. The van der Waals surface area contributed by atoms with E-state index in [4.69, 9.17) is 16.0 Å². The standard InChI is InChI=1S/C10H15ClOS2/c1-10(2,6-13)7-14-5-8-3-4-9(11)12-8/h3-4,13H,5-7H2,1-2H3. The molecule has 0 N–H and O–H groups in total. The fourth-order valence-corrected chi connectivity index (χ4v) is 2.44. The first kappa shape index (κ1) is 12.3. The molecule has 1 aromatic heterocycles. The normalized spacial score (nSPS) is 12.0. The molecule has 1 rings (SSSR count). The van der Waals surface area contributed by atoms with Crippen molar-refractivity contribution in [3.8, 4) is 0 Å². The van der Waals surface area contributed by atoms with E-state index in [0.717, 1.165) is 23.0 Å². The van der Waals surface area contributed by atoms with Crippen LogP contribution < -0.4 is 0 Å². The lowest BCUT2D eigenvalue weighted by Crippen LogP contribution is -2.16. The largest absolute Gasteiger partial charge is 0.449 e. The Balaban J connectivity index is 2.28. The van der Waals surface area contributed by atoms with Crippen LogP contribution in [0, 0.1) is 5.41 Å². The van der Waals surface area contributed by atoms with Crippen LogP contribution in [0.1, 0.15) is 19.6 Å². The maximum absolute atomic E-state index is 5.67. The minimum Gasteiger partial charge on any atom is -0.449 e. The van der Waals surface area contributed by atoms with Gasteiger partial charge in [-0.3, -0.25) is 0 Å².